The highest BCUT2D eigenvalue weighted by molar-refractivity contribution is 7.99. The summed E-state index contributed by atoms with van der Waals surface area (Å²) < 4.78 is 5.58. The molecule has 3 aromatic rings. The first kappa shape index (κ1) is 12.7. The van der Waals surface area contributed by atoms with Gasteiger partial charge in [0, 0.05) is 5.69 Å². The Morgan fingerprint density at radius 1 is 1.25 bits per heavy atom. The minimum Gasteiger partial charge on any atom is -0.478 e. The molecule has 100 valence electrons. The van der Waals surface area contributed by atoms with Crippen LogP contribution in [0.3, 0.4) is 0 Å². The van der Waals surface area contributed by atoms with Crippen molar-refractivity contribution < 1.29 is 14.3 Å². The molecule has 5 nitrogen and oxygen atoms in total. The van der Waals surface area contributed by atoms with Gasteiger partial charge in [-0.3, -0.25) is 0 Å². The maximum absolute atomic E-state index is 11.0. The Bertz CT molecular complexity index is 765. The molecule has 1 aromatic carbocycles. The number of oxazole rings is 1. The fraction of sp³-hybridized carbons (Fsp3) is 0.0714. The highest BCUT2D eigenvalue weighted by Gasteiger charge is 2.11. The first-order valence-electron chi connectivity index (χ1n) is 5.87. The van der Waals surface area contributed by atoms with Gasteiger partial charge < -0.3 is 9.52 Å². The summed E-state index contributed by atoms with van der Waals surface area (Å²) >= 11 is 1.21. The van der Waals surface area contributed by atoms with Crippen LogP contribution in [0.4, 0.5) is 0 Å². The van der Waals surface area contributed by atoms with E-state index in [0.29, 0.717) is 21.5 Å². The summed E-state index contributed by atoms with van der Waals surface area (Å²) in [5.74, 6) is -0.977. The lowest BCUT2D eigenvalue weighted by atomic mass is 10.2. The van der Waals surface area contributed by atoms with E-state index in [0.717, 1.165) is 5.52 Å². The normalized spacial score (nSPS) is 10.8. The number of carboxylic acid groups (broad SMARTS) is 1. The van der Waals surface area contributed by atoms with Crippen molar-refractivity contribution in [2.45, 2.75) is 17.2 Å². The van der Waals surface area contributed by atoms with Gasteiger partial charge in [0.1, 0.15) is 10.5 Å². The zero-order valence-electron chi connectivity index (χ0n) is 10.5. The maximum Gasteiger partial charge on any atom is 0.335 e. The lowest BCUT2D eigenvalue weighted by Crippen LogP contribution is -1.98. The van der Waals surface area contributed by atoms with E-state index in [4.69, 9.17) is 9.52 Å². The number of rotatable bonds is 3. The molecule has 20 heavy (non-hydrogen) atoms. The molecule has 0 spiro atoms. The van der Waals surface area contributed by atoms with E-state index < -0.39 is 5.97 Å². The van der Waals surface area contributed by atoms with Crippen LogP contribution in [0.25, 0.3) is 11.1 Å². The summed E-state index contributed by atoms with van der Waals surface area (Å²) in [6.45, 7) is 1.75. The highest BCUT2D eigenvalue weighted by Crippen LogP contribution is 2.29. The highest BCUT2D eigenvalue weighted by atomic mass is 32.2. The smallest absolute Gasteiger partial charge is 0.335 e. The quantitative estimate of drug-likeness (QED) is 0.795. The number of hydrogen-bond donors (Lipinski definition) is 1. The predicted octanol–water partition coefficient (Wildman–Crippen LogP) is 3.38. The number of benzene rings is 1. The van der Waals surface area contributed by atoms with Gasteiger partial charge >= 0.3 is 5.97 Å². The number of fused-ring (bicyclic) bond motifs is 1. The third kappa shape index (κ3) is 2.50. The molecule has 2 heterocycles. The van der Waals surface area contributed by atoms with Crippen molar-refractivity contribution in [3.05, 3.63) is 47.7 Å². The molecular formula is C14H10N2O3S. The molecule has 0 aliphatic carbocycles. The molecule has 0 aliphatic heterocycles. The minimum atomic E-state index is -0.977. The van der Waals surface area contributed by atoms with Gasteiger partial charge in [-0.25, -0.2) is 14.8 Å². The van der Waals surface area contributed by atoms with Crippen LogP contribution in [0.5, 0.6) is 0 Å². The van der Waals surface area contributed by atoms with Gasteiger partial charge in [-0.2, -0.15) is 0 Å². The number of carboxylic acids is 1. The minimum absolute atomic E-state index is 0.205. The number of para-hydroxylation sites is 2. The van der Waals surface area contributed by atoms with E-state index in [2.05, 4.69) is 9.97 Å². The fourth-order valence-corrected chi connectivity index (χ4v) is 2.63. The Morgan fingerprint density at radius 3 is 2.80 bits per heavy atom. The van der Waals surface area contributed by atoms with Gasteiger partial charge in [-0.15, -0.1) is 0 Å². The molecule has 1 N–H and O–H groups in total. The van der Waals surface area contributed by atoms with Gasteiger partial charge in [0.15, 0.2) is 5.58 Å². The van der Waals surface area contributed by atoms with Gasteiger partial charge in [0.05, 0.1) is 5.56 Å². The molecule has 0 aliphatic rings. The summed E-state index contributed by atoms with van der Waals surface area (Å²) in [5.41, 5.74) is 2.31. The van der Waals surface area contributed by atoms with Gasteiger partial charge in [0.25, 0.3) is 5.22 Å². The number of carbonyl (C=O) groups is 1. The van der Waals surface area contributed by atoms with Gasteiger partial charge in [0.2, 0.25) is 0 Å². The summed E-state index contributed by atoms with van der Waals surface area (Å²) in [6.07, 6.45) is 0. The average molecular weight is 286 g/mol. The molecule has 0 atom stereocenters. The number of aromatic carboxylic acids is 1. The van der Waals surface area contributed by atoms with E-state index in [9.17, 15) is 4.79 Å². The topological polar surface area (TPSA) is 76.2 Å². The second-order valence-corrected chi connectivity index (χ2v) is 5.16. The molecule has 0 amide bonds. The van der Waals surface area contributed by atoms with Crippen molar-refractivity contribution in [3.63, 3.8) is 0 Å². The Hall–Kier alpha value is -2.34. The molecule has 0 radical (unpaired) electrons. The van der Waals surface area contributed by atoms with Gasteiger partial charge in [-0.1, -0.05) is 12.1 Å². The first-order chi connectivity index (χ1) is 9.61. The van der Waals surface area contributed by atoms with Crippen LogP contribution in [0.1, 0.15) is 16.1 Å². The number of nitrogens with zero attached hydrogens (tertiary/aromatic N) is 2. The Morgan fingerprint density at radius 2 is 2.05 bits per heavy atom. The monoisotopic (exact) mass is 286 g/mol. The van der Waals surface area contributed by atoms with Crippen LogP contribution in [-0.4, -0.2) is 21.0 Å². The van der Waals surface area contributed by atoms with E-state index in [1.807, 2.05) is 24.3 Å². The molecule has 0 bridgehead atoms. The molecule has 2 aromatic heterocycles. The van der Waals surface area contributed by atoms with Crippen molar-refractivity contribution in [3.8, 4) is 0 Å². The zero-order valence-corrected chi connectivity index (χ0v) is 11.3. The van der Waals surface area contributed by atoms with Crippen molar-refractivity contribution in [2.75, 3.05) is 0 Å². The Balaban J connectivity index is 1.96. The maximum atomic E-state index is 11.0. The molecule has 0 saturated heterocycles. The van der Waals surface area contributed by atoms with E-state index in [-0.39, 0.29) is 5.56 Å². The van der Waals surface area contributed by atoms with Crippen molar-refractivity contribution in [1.29, 1.82) is 0 Å². The molecule has 0 unspecified atom stereocenters. The third-order valence-electron chi connectivity index (χ3n) is 2.64. The second kappa shape index (κ2) is 4.97. The molecule has 0 fully saturated rings. The van der Waals surface area contributed by atoms with Gasteiger partial charge in [-0.05, 0) is 43.0 Å². The summed E-state index contributed by atoms with van der Waals surface area (Å²) in [5, 5.41) is 10.0. The SMILES string of the molecule is Cc1cc(C(=O)O)cc(Sc2nc3ccccc3o2)n1. The van der Waals surface area contributed by atoms with Crippen LogP contribution < -0.4 is 0 Å². The van der Waals surface area contributed by atoms with E-state index >= 15 is 0 Å². The standard InChI is InChI=1S/C14H10N2O3S/c1-8-6-9(13(17)18)7-12(15-8)20-14-16-10-4-2-3-5-11(10)19-14/h2-7H,1H3,(H,17,18). The molecule has 0 saturated carbocycles. The van der Waals surface area contributed by atoms with Crippen molar-refractivity contribution in [1.82, 2.24) is 9.97 Å². The number of aromatic nitrogens is 2. The molecule has 3 rings (SSSR count). The molecular weight excluding hydrogens is 276 g/mol. The number of pyridine rings is 1. The lowest BCUT2D eigenvalue weighted by Gasteiger charge is -2.01. The van der Waals surface area contributed by atoms with Crippen LogP contribution in [0.2, 0.25) is 0 Å². The van der Waals surface area contributed by atoms with Crippen LogP contribution in [0, 0.1) is 6.92 Å². The number of hydrogen-bond acceptors (Lipinski definition) is 5. The second-order valence-electron chi connectivity index (χ2n) is 4.19. The molecule has 6 heteroatoms. The predicted molar refractivity (Wildman–Crippen MR) is 74.1 cm³/mol. The lowest BCUT2D eigenvalue weighted by molar-refractivity contribution is 0.0696. The zero-order chi connectivity index (χ0) is 14.1. The number of aryl methyl sites for hydroxylation is 1. The first-order valence-corrected chi connectivity index (χ1v) is 6.69. The van der Waals surface area contributed by atoms with E-state index in [1.54, 1.807) is 6.92 Å². The summed E-state index contributed by atoms with van der Waals surface area (Å²) in [6, 6.07) is 10.5. The Kier molecular flexibility index (Phi) is 3.15. The van der Waals surface area contributed by atoms with Crippen LogP contribution >= 0.6 is 11.8 Å². The van der Waals surface area contributed by atoms with Crippen molar-refractivity contribution >= 4 is 28.8 Å². The fourth-order valence-electron chi connectivity index (χ4n) is 1.80. The summed E-state index contributed by atoms with van der Waals surface area (Å²) in [4.78, 5) is 19.6. The van der Waals surface area contributed by atoms with Crippen LogP contribution in [0.15, 0.2) is 51.1 Å². The average Bonchev–Trinajstić information content (AvgIpc) is 2.79. The summed E-state index contributed by atoms with van der Waals surface area (Å²) in [7, 11) is 0. The van der Waals surface area contributed by atoms with Crippen LogP contribution in [-0.2, 0) is 0 Å². The third-order valence-corrected chi connectivity index (χ3v) is 3.41. The van der Waals surface area contributed by atoms with Crippen molar-refractivity contribution in [2.24, 2.45) is 0 Å². The Labute approximate surface area is 118 Å². The largest absolute Gasteiger partial charge is 0.478 e. The van der Waals surface area contributed by atoms with E-state index in [1.165, 1.54) is 23.9 Å².